The summed E-state index contributed by atoms with van der Waals surface area (Å²) in [7, 11) is 3.03. The predicted octanol–water partition coefficient (Wildman–Crippen LogP) is 3.45. The summed E-state index contributed by atoms with van der Waals surface area (Å²) in [5.74, 6) is -0.839. The largest absolute Gasteiger partial charge is 1.00 e. The number of fused-ring (bicyclic) bond motifs is 2. The molecular formula is C51H47F6LiN6O11. The van der Waals surface area contributed by atoms with E-state index in [9.17, 15) is 55.4 Å². The Hall–Kier alpha value is -7.81. The fourth-order valence-electron chi connectivity index (χ4n) is 8.18. The molecule has 17 nitrogen and oxygen atoms in total. The molecule has 0 atom stereocenters. The van der Waals surface area contributed by atoms with Crippen molar-refractivity contribution in [3.05, 3.63) is 186 Å². The molecule has 0 saturated carbocycles. The van der Waals surface area contributed by atoms with Crippen molar-refractivity contribution in [2.24, 2.45) is 14.1 Å². The number of benzene rings is 4. The Bertz CT molecular complexity index is 3500. The minimum atomic E-state index is -4.87. The van der Waals surface area contributed by atoms with Crippen molar-refractivity contribution in [3.8, 4) is 34.0 Å². The monoisotopic (exact) mass is 1040 g/mol. The van der Waals surface area contributed by atoms with Gasteiger partial charge in [0.25, 0.3) is 17.6 Å². The average molecular weight is 1040 g/mol. The number of nitrogens with zero attached hydrogens (tertiary/aromatic N) is 6. The van der Waals surface area contributed by atoms with Crippen LogP contribution >= 0.6 is 0 Å². The quantitative estimate of drug-likeness (QED) is 0.0634. The number of pyridine rings is 2. The molecule has 75 heavy (non-hydrogen) atoms. The normalized spacial score (nSPS) is 11.1. The molecule has 0 fully saturated rings. The van der Waals surface area contributed by atoms with Crippen molar-refractivity contribution in [1.82, 2.24) is 28.2 Å². The number of aliphatic hydroxyl groups is 1. The van der Waals surface area contributed by atoms with Gasteiger partial charge < -0.3 is 30.3 Å². The Balaban J connectivity index is 0.000000312. The number of aryl methyl sites for hydroxylation is 2. The molecule has 4 aromatic carbocycles. The molecule has 0 spiro atoms. The van der Waals surface area contributed by atoms with Crippen LogP contribution in [0.1, 0.15) is 35.1 Å². The van der Waals surface area contributed by atoms with Crippen molar-refractivity contribution in [2.45, 2.75) is 51.5 Å². The van der Waals surface area contributed by atoms with Crippen LogP contribution in [0.25, 0.3) is 44.3 Å². The van der Waals surface area contributed by atoms with E-state index in [-0.39, 0.29) is 110 Å². The predicted molar refractivity (Wildman–Crippen MR) is 259 cm³/mol. The third-order valence-electron chi connectivity index (χ3n) is 11.4. The summed E-state index contributed by atoms with van der Waals surface area (Å²) in [4.78, 5) is 72.3. The second-order valence-corrected chi connectivity index (χ2v) is 16.2. The molecule has 4 heterocycles. The summed E-state index contributed by atoms with van der Waals surface area (Å²) in [6, 6.07) is 29.2. The third-order valence-corrected chi connectivity index (χ3v) is 11.4. The molecule has 4 aromatic heterocycles. The zero-order chi connectivity index (χ0) is 51.7. The number of alkyl halides is 6. The molecule has 0 amide bonds. The number of carbonyl (C=O) groups is 1. The van der Waals surface area contributed by atoms with Gasteiger partial charge in [-0.2, -0.15) is 0 Å². The molecule has 0 radical (unpaired) electrons. The van der Waals surface area contributed by atoms with Crippen molar-refractivity contribution < 1.29 is 80.3 Å². The number of aromatic nitrogens is 6. The standard InChI is InChI=1S/C26H22F3N3O5.C25H22F3N3O4.Li.2H2O/c1-31-21-15-30-23(18-9-5-10-19(14-18)37-26(27,28)29)20(13-17-7-3-2-4-8-17)22(21)24(34)32(25(31)35)11-6-12-36-16-33;1-30-20-15-29-22(17-9-5-10-18(14-17)35-25(26,27)28)19(13-16-7-3-2-4-8-16)21(20)23(33)31(24(30)34)11-6-12-32;;;/h2-5,7-10,14-16H,6,11-13H2,1H3;2-5,7-10,14-15,32H,6,11-13H2,1H3;;2*1H2/q;;+1;;/p-1. The Morgan fingerprint density at radius 2 is 1.00 bits per heavy atom. The van der Waals surface area contributed by atoms with Gasteiger partial charge in [-0.25, -0.2) is 9.59 Å². The first-order chi connectivity index (χ1) is 34.4. The minimum absolute atomic E-state index is 0. The minimum Gasteiger partial charge on any atom is -0.870 e. The zero-order valence-electron chi connectivity index (χ0n) is 40.4. The Morgan fingerprint density at radius 1 is 0.600 bits per heavy atom. The van der Waals surface area contributed by atoms with Gasteiger partial charge in [0.1, 0.15) is 11.5 Å². The Morgan fingerprint density at radius 3 is 1.37 bits per heavy atom. The van der Waals surface area contributed by atoms with Crippen LogP contribution in [0.4, 0.5) is 26.3 Å². The van der Waals surface area contributed by atoms with E-state index in [0.717, 1.165) is 20.3 Å². The fourth-order valence-corrected chi connectivity index (χ4v) is 8.18. The van der Waals surface area contributed by atoms with Crippen molar-refractivity contribution in [3.63, 3.8) is 0 Å². The maximum atomic E-state index is 13.7. The molecule has 0 unspecified atom stereocenters. The van der Waals surface area contributed by atoms with E-state index < -0.39 is 46.7 Å². The van der Waals surface area contributed by atoms with Gasteiger partial charge in [-0.15, -0.1) is 26.3 Å². The van der Waals surface area contributed by atoms with Gasteiger partial charge >= 0.3 is 43.0 Å². The van der Waals surface area contributed by atoms with Crippen LogP contribution in [0, 0.1) is 0 Å². The van der Waals surface area contributed by atoms with Crippen LogP contribution in [-0.4, -0.2) is 76.7 Å². The first-order valence-electron chi connectivity index (χ1n) is 22.1. The molecule has 0 bridgehead atoms. The van der Waals surface area contributed by atoms with Gasteiger partial charge in [-0.05, 0) is 59.4 Å². The molecule has 24 heteroatoms. The fraction of sp³-hybridized carbons (Fsp3) is 0.235. The van der Waals surface area contributed by atoms with Crippen LogP contribution in [0.5, 0.6) is 11.5 Å². The Kier molecular flexibility index (Phi) is 20.6. The summed E-state index contributed by atoms with van der Waals surface area (Å²) >= 11 is 0. The van der Waals surface area contributed by atoms with E-state index in [4.69, 9.17) is 0 Å². The second-order valence-electron chi connectivity index (χ2n) is 16.2. The summed E-state index contributed by atoms with van der Waals surface area (Å²) in [6.07, 6.45) is -6.08. The van der Waals surface area contributed by atoms with Crippen LogP contribution in [0.2, 0.25) is 0 Å². The van der Waals surface area contributed by atoms with E-state index in [1.54, 1.807) is 12.1 Å². The van der Waals surface area contributed by atoms with E-state index in [1.165, 1.54) is 72.0 Å². The maximum absolute atomic E-state index is 13.7. The first kappa shape index (κ1) is 59.7. The van der Waals surface area contributed by atoms with Crippen LogP contribution in [0.15, 0.2) is 141 Å². The van der Waals surface area contributed by atoms with Crippen LogP contribution in [0.3, 0.4) is 0 Å². The van der Waals surface area contributed by atoms with Gasteiger partial charge in [-0.1, -0.05) is 84.9 Å². The number of rotatable bonds is 16. The van der Waals surface area contributed by atoms with E-state index in [0.29, 0.717) is 33.5 Å². The Labute approximate surface area is 433 Å². The maximum Gasteiger partial charge on any atom is 1.00 e. The second kappa shape index (κ2) is 25.9. The number of aliphatic hydroxyl groups excluding tert-OH is 1. The van der Waals surface area contributed by atoms with Crippen molar-refractivity contribution in [2.75, 3.05) is 13.2 Å². The summed E-state index contributed by atoms with van der Waals surface area (Å²) in [5, 5.41) is 9.67. The van der Waals surface area contributed by atoms with Gasteiger partial charge in [0.2, 0.25) is 0 Å². The van der Waals surface area contributed by atoms with Gasteiger partial charge in [-0.3, -0.25) is 42.6 Å². The van der Waals surface area contributed by atoms with Crippen molar-refractivity contribution >= 4 is 28.3 Å². The molecule has 390 valence electrons. The molecule has 4 N–H and O–H groups in total. The first-order valence-corrected chi connectivity index (χ1v) is 22.1. The molecule has 8 rings (SSSR count). The van der Waals surface area contributed by atoms with E-state index in [2.05, 4.69) is 24.2 Å². The van der Waals surface area contributed by atoms with Gasteiger partial charge in [0.15, 0.2) is 0 Å². The third kappa shape index (κ3) is 14.3. The number of ether oxygens (including phenoxy) is 3. The molecular weight excluding hydrogens is 994 g/mol. The number of hydrogen-bond donors (Lipinski definition) is 1. The van der Waals surface area contributed by atoms with Crippen molar-refractivity contribution in [1.29, 1.82) is 0 Å². The SMILES string of the molecule is Cn1c(=O)n(CCCO)c(=O)c2c(Cc3ccccc3)c(-c3cccc(OC(F)(F)F)c3)ncc21.Cn1c(=O)n(CCCOC=O)c(=O)c2c(Cc3ccccc3)c(-c3cccc(OC(F)(F)F)c3)ncc21.O.[Li+].[OH-]. The molecule has 0 saturated heterocycles. The summed E-state index contributed by atoms with van der Waals surface area (Å²) in [5.41, 5.74) is 2.20. The molecule has 8 aromatic rings. The van der Waals surface area contributed by atoms with E-state index in [1.807, 2.05) is 60.7 Å². The summed E-state index contributed by atoms with van der Waals surface area (Å²) in [6.45, 7) is 0.148. The number of halogens is 6. The molecule has 0 aliphatic rings. The van der Waals surface area contributed by atoms with Crippen LogP contribution < -0.4 is 50.8 Å². The topological polar surface area (TPSA) is 240 Å². The van der Waals surface area contributed by atoms with Crippen LogP contribution in [-0.2, 0) is 49.6 Å². The number of carbonyl (C=O) groups excluding carboxylic acids is 1. The number of hydrogen-bond acceptors (Lipinski definition) is 12. The van der Waals surface area contributed by atoms with Gasteiger partial charge in [0, 0.05) is 57.8 Å². The van der Waals surface area contributed by atoms with Gasteiger partial charge in [0.05, 0.1) is 52.2 Å². The summed E-state index contributed by atoms with van der Waals surface area (Å²) < 4.78 is 94.4. The average Bonchev–Trinajstić information content (AvgIpc) is 3.34. The van der Waals surface area contributed by atoms with E-state index >= 15 is 0 Å². The smallest absolute Gasteiger partial charge is 0.870 e. The molecule has 0 aliphatic carbocycles. The zero-order valence-corrected chi connectivity index (χ0v) is 40.4. The molecule has 0 aliphatic heterocycles.